The Morgan fingerprint density at radius 1 is 1.07 bits per heavy atom. The molecule has 13 nitrogen and oxygen atoms in total. The highest BCUT2D eigenvalue weighted by molar-refractivity contribution is 7.18. The fourth-order valence-electron chi connectivity index (χ4n) is 5.24. The van der Waals surface area contributed by atoms with Crippen molar-refractivity contribution in [1.82, 2.24) is 39.7 Å². The third kappa shape index (κ3) is 4.29. The lowest BCUT2D eigenvalue weighted by molar-refractivity contribution is -0.210. The fourth-order valence-corrected chi connectivity index (χ4v) is 6.10. The highest BCUT2D eigenvalue weighted by Crippen LogP contribution is 2.39. The van der Waals surface area contributed by atoms with Gasteiger partial charge in [0.25, 0.3) is 0 Å². The van der Waals surface area contributed by atoms with Crippen molar-refractivity contribution in [2.24, 2.45) is 0 Å². The molecule has 5 atom stereocenters. The Bertz CT molecular complexity index is 1900. The summed E-state index contributed by atoms with van der Waals surface area (Å²) >= 11 is 1.54. The molecule has 7 rings (SSSR count). The number of benzene rings is 2. The number of aryl methyl sites for hydroxylation is 2. The highest BCUT2D eigenvalue weighted by atomic mass is 32.1. The van der Waals surface area contributed by atoms with E-state index in [1.165, 1.54) is 39.3 Å². The standard InChI is InChI=1S/C26H23FN8O5S/c1-11-30-17-6-13(5-15(27)24(17)39-11)18-8-34(33-32-18)21-22(37)19(9-36)40-25(23(21)38)26-28-10-29-35(26)14-3-4-16-20(7-14)41-12(2)31-16/h3-8,10,19,21-23,25,36-38H,9H2,1-2H3/t19-,21+,22+,23-,25-/m1/s1. The van der Waals surface area contributed by atoms with Crippen LogP contribution in [0.15, 0.2) is 47.3 Å². The van der Waals surface area contributed by atoms with Gasteiger partial charge in [-0.05, 0) is 37.3 Å². The van der Waals surface area contributed by atoms with Crippen molar-refractivity contribution in [3.8, 4) is 16.9 Å². The van der Waals surface area contributed by atoms with Crippen LogP contribution in [0.3, 0.4) is 0 Å². The Morgan fingerprint density at radius 3 is 2.76 bits per heavy atom. The Morgan fingerprint density at radius 2 is 1.93 bits per heavy atom. The van der Waals surface area contributed by atoms with Crippen LogP contribution >= 0.6 is 11.3 Å². The van der Waals surface area contributed by atoms with Crippen LogP contribution in [0.25, 0.3) is 38.3 Å². The number of rotatable bonds is 5. The first-order chi connectivity index (χ1) is 19.8. The lowest BCUT2D eigenvalue weighted by atomic mass is 9.92. The van der Waals surface area contributed by atoms with Gasteiger partial charge in [0, 0.05) is 12.5 Å². The molecule has 3 N–H and O–H groups in total. The molecule has 6 aromatic rings. The maximum Gasteiger partial charge on any atom is 0.192 e. The van der Waals surface area contributed by atoms with E-state index in [0.717, 1.165) is 15.2 Å². The predicted octanol–water partition coefficient (Wildman–Crippen LogP) is 2.43. The van der Waals surface area contributed by atoms with Crippen LogP contribution in [0.4, 0.5) is 4.39 Å². The molecular weight excluding hydrogens is 555 g/mol. The quantitative estimate of drug-likeness (QED) is 0.274. The Kier molecular flexibility index (Phi) is 6.13. The Labute approximate surface area is 234 Å². The lowest BCUT2D eigenvalue weighted by Gasteiger charge is -2.41. The average molecular weight is 579 g/mol. The van der Waals surface area contributed by atoms with E-state index < -0.39 is 42.9 Å². The summed E-state index contributed by atoms with van der Waals surface area (Å²) in [5, 5.41) is 46.2. The Balaban J connectivity index is 1.25. The minimum Gasteiger partial charge on any atom is -0.438 e. The highest BCUT2D eigenvalue weighted by Gasteiger charge is 2.48. The minimum atomic E-state index is -1.38. The van der Waals surface area contributed by atoms with Crippen LogP contribution in [-0.4, -0.2) is 80.0 Å². The minimum absolute atomic E-state index is 0.0382. The van der Waals surface area contributed by atoms with Crippen LogP contribution in [0.2, 0.25) is 0 Å². The zero-order chi connectivity index (χ0) is 28.4. The normalized spacial score (nSPS) is 23.1. The SMILES string of the molecule is Cc1nc2cc(-c3cn([C@H]4[C@@H](O)[C@@H](CO)O[C@@H](c5ncnn5-c5ccc6nc(C)sc6c5)[C@@H]4O)nn3)cc(F)c2o1. The molecule has 1 saturated heterocycles. The molecule has 0 bridgehead atoms. The molecule has 0 spiro atoms. The van der Waals surface area contributed by atoms with Crippen molar-refractivity contribution in [2.75, 3.05) is 6.61 Å². The van der Waals surface area contributed by atoms with E-state index in [9.17, 15) is 19.7 Å². The summed E-state index contributed by atoms with van der Waals surface area (Å²) in [6.07, 6.45) is -2.09. The third-order valence-corrected chi connectivity index (χ3v) is 8.04. The molecule has 5 heterocycles. The van der Waals surface area contributed by atoms with Gasteiger partial charge in [0.05, 0.1) is 33.7 Å². The molecule has 1 aliphatic rings. The predicted molar refractivity (Wildman–Crippen MR) is 143 cm³/mol. The van der Waals surface area contributed by atoms with Gasteiger partial charge in [0.2, 0.25) is 0 Å². The number of nitrogens with zero attached hydrogens (tertiary/aromatic N) is 8. The molecule has 1 fully saturated rings. The molecule has 2 aromatic carbocycles. The summed E-state index contributed by atoms with van der Waals surface area (Å²) in [4.78, 5) is 13.0. The van der Waals surface area contributed by atoms with Gasteiger partial charge >= 0.3 is 0 Å². The molecule has 0 aliphatic carbocycles. The van der Waals surface area contributed by atoms with E-state index in [1.807, 2.05) is 25.1 Å². The number of aliphatic hydroxyl groups is 3. The largest absolute Gasteiger partial charge is 0.438 e. The number of hydrogen-bond acceptors (Lipinski definition) is 12. The summed E-state index contributed by atoms with van der Waals surface area (Å²) in [7, 11) is 0. The summed E-state index contributed by atoms with van der Waals surface area (Å²) in [5.74, 6) is -0.0166. The Hall–Kier alpha value is -4.15. The first-order valence-electron chi connectivity index (χ1n) is 12.7. The number of oxazole rings is 1. The van der Waals surface area contributed by atoms with Crippen molar-refractivity contribution in [3.05, 3.63) is 65.4 Å². The number of aromatic nitrogens is 8. The zero-order valence-electron chi connectivity index (χ0n) is 21.7. The van der Waals surface area contributed by atoms with Gasteiger partial charge in [-0.3, -0.25) is 0 Å². The van der Waals surface area contributed by atoms with Gasteiger partial charge in [0.15, 0.2) is 23.1 Å². The van der Waals surface area contributed by atoms with Crippen molar-refractivity contribution in [2.45, 2.75) is 44.3 Å². The third-order valence-electron chi connectivity index (χ3n) is 7.11. The zero-order valence-corrected chi connectivity index (χ0v) is 22.5. The first-order valence-corrected chi connectivity index (χ1v) is 13.5. The van der Waals surface area contributed by atoms with E-state index >= 15 is 0 Å². The number of halogens is 1. The van der Waals surface area contributed by atoms with Crippen molar-refractivity contribution in [3.63, 3.8) is 0 Å². The van der Waals surface area contributed by atoms with Crippen LogP contribution < -0.4 is 0 Å². The number of fused-ring (bicyclic) bond motifs is 2. The molecule has 1 aliphatic heterocycles. The van der Waals surface area contributed by atoms with Crippen LogP contribution in [0, 0.1) is 19.7 Å². The number of thiazole rings is 1. The summed E-state index contributed by atoms with van der Waals surface area (Å²) in [6.45, 7) is 3.02. The van der Waals surface area contributed by atoms with Crippen LogP contribution in [0.1, 0.15) is 28.9 Å². The summed E-state index contributed by atoms with van der Waals surface area (Å²) in [5.41, 5.74) is 2.56. The number of aliphatic hydroxyl groups excluding tert-OH is 3. The molecule has 15 heteroatoms. The van der Waals surface area contributed by atoms with Gasteiger partial charge < -0.3 is 24.5 Å². The lowest BCUT2D eigenvalue weighted by Crippen LogP contribution is -2.53. The van der Waals surface area contributed by atoms with E-state index in [2.05, 4.69) is 30.4 Å². The number of hydrogen-bond donors (Lipinski definition) is 3. The second-order valence-corrected chi connectivity index (χ2v) is 11.0. The van der Waals surface area contributed by atoms with Crippen molar-refractivity contribution < 1.29 is 28.9 Å². The van der Waals surface area contributed by atoms with Gasteiger partial charge in [-0.25, -0.2) is 28.7 Å². The number of ether oxygens (including phenoxy) is 1. The van der Waals surface area contributed by atoms with E-state index in [4.69, 9.17) is 9.15 Å². The maximum atomic E-state index is 14.7. The second kappa shape index (κ2) is 9.74. The summed E-state index contributed by atoms with van der Waals surface area (Å²) < 4.78 is 29.7. The van der Waals surface area contributed by atoms with Gasteiger partial charge in [-0.15, -0.1) is 16.4 Å². The van der Waals surface area contributed by atoms with Gasteiger partial charge in [0.1, 0.15) is 48.0 Å². The van der Waals surface area contributed by atoms with Gasteiger partial charge in [-0.1, -0.05) is 5.21 Å². The van der Waals surface area contributed by atoms with Crippen molar-refractivity contribution in [1.29, 1.82) is 0 Å². The van der Waals surface area contributed by atoms with Crippen LogP contribution in [0.5, 0.6) is 0 Å². The van der Waals surface area contributed by atoms with E-state index in [1.54, 1.807) is 13.0 Å². The van der Waals surface area contributed by atoms with E-state index in [0.29, 0.717) is 22.7 Å². The monoisotopic (exact) mass is 578 g/mol. The van der Waals surface area contributed by atoms with E-state index in [-0.39, 0.29) is 17.1 Å². The topological polar surface area (TPSA) is 170 Å². The molecule has 210 valence electrons. The molecule has 0 amide bonds. The second-order valence-electron chi connectivity index (χ2n) is 9.79. The van der Waals surface area contributed by atoms with Crippen molar-refractivity contribution >= 4 is 32.7 Å². The fraction of sp³-hybridized carbons (Fsp3) is 0.308. The first kappa shape index (κ1) is 25.8. The van der Waals surface area contributed by atoms with Crippen LogP contribution in [-0.2, 0) is 4.74 Å². The molecule has 0 saturated carbocycles. The average Bonchev–Trinajstić information content (AvgIpc) is 3.74. The molecule has 0 radical (unpaired) electrons. The molecule has 41 heavy (non-hydrogen) atoms. The smallest absolute Gasteiger partial charge is 0.192 e. The molecule has 0 unspecified atom stereocenters. The molecule has 4 aromatic heterocycles. The molecular formula is C26H23FN8O5S. The van der Waals surface area contributed by atoms with Gasteiger partial charge in [-0.2, -0.15) is 5.10 Å². The summed E-state index contributed by atoms with van der Waals surface area (Å²) in [6, 6.07) is 7.40. The maximum absolute atomic E-state index is 14.7.